The van der Waals surface area contributed by atoms with Gasteiger partial charge < -0.3 is 15.0 Å². The van der Waals surface area contributed by atoms with Crippen molar-refractivity contribution in [3.63, 3.8) is 0 Å². The van der Waals surface area contributed by atoms with Crippen LogP contribution in [0.2, 0.25) is 0 Å². The lowest BCUT2D eigenvalue weighted by atomic mass is 9.65. The quantitative estimate of drug-likeness (QED) is 0.653. The van der Waals surface area contributed by atoms with Crippen molar-refractivity contribution in [2.45, 2.75) is 53.0 Å². The van der Waals surface area contributed by atoms with Gasteiger partial charge in [0.2, 0.25) is 0 Å². The first-order chi connectivity index (χ1) is 12.6. The average Bonchev–Trinajstić information content (AvgIpc) is 2.83. The summed E-state index contributed by atoms with van der Waals surface area (Å²) in [6.45, 7) is 9.36. The van der Waals surface area contributed by atoms with Crippen molar-refractivity contribution in [1.29, 1.82) is 0 Å². The number of amides is 2. The summed E-state index contributed by atoms with van der Waals surface area (Å²) in [5, 5.41) is 2.65. The Hall–Kier alpha value is -2.37. The number of nitrogens with one attached hydrogen (secondary N) is 1. The lowest BCUT2D eigenvalue weighted by molar-refractivity contribution is -0.144. The molecule has 146 valence electrons. The molecule has 2 unspecified atom stereocenters. The molecule has 0 spiro atoms. The second kappa shape index (κ2) is 6.98. The van der Waals surface area contributed by atoms with E-state index >= 15 is 0 Å². The normalized spacial score (nSPS) is 25.8. The van der Waals surface area contributed by atoms with Crippen LogP contribution in [0.15, 0.2) is 24.3 Å². The maximum atomic E-state index is 12.7. The first-order valence-corrected chi connectivity index (χ1v) is 9.52. The number of hydrogen-bond acceptors (Lipinski definition) is 4. The smallest absolute Gasteiger partial charge is 0.338 e. The highest BCUT2D eigenvalue weighted by Crippen LogP contribution is 2.52. The van der Waals surface area contributed by atoms with E-state index in [4.69, 9.17) is 4.74 Å². The molecule has 2 atom stereocenters. The maximum Gasteiger partial charge on any atom is 0.338 e. The molecule has 0 aromatic heterocycles. The van der Waals surface area contributed by atoms with Gasteiger partial charge in [-0.15, -0.1) is 0 Å². The minimum Gasteiger partial charge on any atom is -0.462 e. The molecule has 1 aliphatic carbocycles. The number of benzene rings is 1. The van der Waals surface area contributed by atoms with Gasteiger partial charge in [0.15, 0.2) is 0 Å². The fraction of sp³-hybridized carbons (Fsp3) is 0.571. The molecule has 2 amide bonds. The third-order valence-corrected chi connectivity index (χ3v) is 5.52. The number of likely N-dealkylation sites (tertiary alicyclic amines) is 1. The van der Waals surface area contributed by atoms with E-state index in [0.29, 0.717) is 24.4 Å². The van der Waals surface area contributed by atoms with Gasteiger partial charge in [-0.1, -0.05) is 20.8 Å². The summed E-state index contributed by atoms with van der Waals surface area (Å²) in [5.74, 6) is -1.52. The van der Waals surface area contributed by atoms with Gasteiger partial charge in [-0.2, -0.15) is 0 Å². The highest BCUT2D eigenvalue weighted by molar-refractivity contribution is 6.39. The molecular formula is C21H28N2O4. The summed E-state index contributed by atoms with van der Waals surface area (Å²) in [6.07, 6.45) is 2.96. The van der Waals surface area contributed by atoms with Crippen molar-refractivity contribution in [2.75, 3.05) is 18.5 Å². The lowest BCUT2D eigenvalue weighted by Crippen LogP contribution is -2.43. The van der Waals surface area contributed by atoms with E-state index in [9.17, 15) is 14.4 Å². The van der Waals surface area contributed by atoms with Crippen LogP contribution in [-0.2, 0) is 14.3 Å². The number of ether oxygens (including phenoxy) is 1. The molecule has 2 fully saturated rings. The van der Waals surface area contributed by atoms with Gasteiger partial charge in [0.05, 0.1) is 12.2 Å². The van der Waals surface area contributed by atoms with Crippen LogP contribution in [0.3, 0.4) is 0 Å². The molecule has 2 aliphatic rings. The number of rotatable bonds is 3. The number of esters is 1. The van der Waals surface area contributed by atoms with E-state index in [-0.39, 0.29) is 16.9 Å². The number of anilines is 1. The van der Waals surface area contributed by atoms with Crippen molar-refractivity contribution >= 4 is 23.5 Å². The molecule has 1 N–H and O–H groups in total. The zero-order valence-corrected chi connectivity index (χ0v) is 16.5. The molecule has 1 aromatic rings. The molecule has 3 rings (SSSR count). The minimum atomic E-state index is -0.632. The third-order valence-electron chi connectivity index (χ3n) is 5.52. The third kappa shape index (κ3) is 4.15. The average molecular weight is 372 g/mol. The van der Waals surface area contributed by atoms with Crippen molar-refractivity contribution in [2.24, 2.45) is 10.8 Å². The molecule has 0 radical (unpaired) electrons. The predicted octanol–water partition coefficient (Wildman–Crippen LogP) is 3.23. The summed E-state index contributed by atoms with van der Waals surface area (Å²) >= 11 is 0. The van der Waals surface area contributed by atoms with E-state index < -0.39 is 17.8 Å². The second-order valence-corrected chi connectivity index (χ2v) is 8.90. The molecule has 2 bridgehead atoms. The minimum absolute atomic E-state index is 0.0869. The van der Waals surface area contributed by atoms with E-state index in [0.717, 1.165) is 19.3 Å². The Labute approximate surface area is 160 Å². The van der Waals surface area contributed by atoms with Gasteiger partial charge in [-0.3, -0.25) is 9.59 Å². The van der Waals surface area contributed by atoms with Gasteiger partial charge in [0.25, 0.3) is 0 Å². The molecule has 6 heteroatoms. The number of carbonyl (C=O) groups is 3. The molecule has 6 nitrogen and oxygen atoms in total. The number of fused-ring (bicyclic) bond motifs is 2. The Morgan fingerprint density at radius 3 is 2.44 bits per heavy atom. The topological polar surface area (TPSA) is 75.7 Å². The monoisotopic (exact) mass is 372 g/mol. The van der Waals surface area contributed by atoms with E-state index in [2.05, 4.69) is 26.1 Å². The Kier molecular flexibility index (Phi) is 5.02. The maximum absolute atomic E-state index is 12.7. The summed E-state index contributed by atoms with van der Waals surface area (Å²) in [7, 11) is 0. The van der Waals surface area contributed by atoms with Gasteiger partial charge in [-0.25, -0.2) is 4.79 Å². The summed E-state index contributed by atoms with van der Waals surface area (Å²) in [5.41, 5.74) is 1.16. The molecule has 1 aliphatic heterocycles. The summed E-state index contributed by atoms with van der Waals surface area (Å²) in [6, 6.07) is 6.48. The number of nitrogens with zero attached hydrogens (tertiary/aromatic N) is 1. The number of hydrogen-bond donors (Lipinski definition) is 1. The van der Waals surface area contributed by atoms with Crippen LogP contribution in [0.4, 0.5) is 5.69 Å². The van der Waals surface area contributed by atoms with Crippen LogP contribution in [0, 0.1) is 10.8 Å². The van der Waals surface area contributed by atoms with E-state index in [1.165, 1.54) is 0 Å². The summed E-state index contributed by atoms with van der Waals surface area (Å²) in [4.78, 5) is 38.7. The Bertz CT molecular complexity index is 756. The number of carbonyl (C=O) groups excluding carboxylic acids is 3. The zero-order valence-electron chi connectivity index (χ0n) is 16.5. The van der Waals surface area contributed by atoms with E-state index in [1.807, 2.05) is 0 Å². The van der Waals surface area contributed by atoms with Gasteiger partial charge >= 0.3 is 17.8 Å². The van der Waals surface area contributed by atoms with Crippen LogP contribution in [0.25, 0.3) is 0 Å². The van der Waals surface area contributed by atoms with Crippen LogP contribution >= 0.6 is 0 Å². The summed E-state index contributed by atoms with van der Waals surface area (Å²) < 4.78 is 4.93. The fourth-order valence-corrected chi connectivity index (χ4v) is 4.92. The standard InChI is InChI=1S/C21H28N2O4/c1-5-27-19(26)14-6-8-15(9-7-14)22-17(24)18(25)23-13-21(4)11-16(23)10-20(2,3)12-21/h6-9,16H,5,10-13H2,1-4H3,(H,22,24). The van der Waals surface area contributed by atoms with Crippen molar-refractivity contribution in [3.05, 3.63) is 29.8 Å². The largest absolute Gasteiger partial charge is 0.462 e. The molecular weight excluding hydrogens is 344 g/mol. The van der Waals surface area contributed by atoms with Crippen molar-refractivity contribution < 1.29 is 19.1 Å². The predicted molar refractivity (Wildman–Crippen MR) is 102 cm³/mol. The Morgan fingerprint density at radius 2 is 1.81 bits per heavy atom. The molecule has 1 heterocycles. The molecule has 1 saturated carbocycles. The Morgan fingerprint density at radius 1 is 1.15 bits per heavy atom. The molecule has 1 saturated heterocycles. The first-order valence-electron chi connectivity index (χ1n) is 9.52. The van der Waals surface area contributed by atoms with Crippen molar-refractivity contribution in [3.8, 4) is 0 Å². The van der Waals surface area contributed by atoms with Crippen LogP contribution in [0.5, 0.6) is 0 Å². The van der Waals surface area contributed by atoms with Crippen LogP contribution in [0.1, 0.15) is 57.3 Å². The lowest BCUT2D eigenvalue weighted by Gasteiger charge is -2.39. The second-order valence-electron chi connectivity index (χ2n) is 8.90. The zero-order chi connectivity index (χ0) is 19.8. The molecule has 27 heavy (non-hydrogen) atoms. The van der Waals surface area contributed by atoms with Gasteiger partial charge in [-0.05, 0) is 61.3 Å². The highest BCUT2D eigenvalue weighted by atomic mass is 16.5. The Balaban J connectivity index is 1.65. The molecule has 1 aromatic carbocycles. The van der Waals surface area contributed by atoms with Gasteiger partial charge in [0, 0.05) is 18.3 Å². The highest BCUT2D eigenvalue weighted by Gasteiger charge is 2.51. The fourth-order valence-electron chi connectivity index (χ4n) is 4.92. The van der Waals surface area contributed by atoms with Gasteiger partial charge in [0.1, 0.15) is 0 Å². The SMILES string of the molecule is CCOC(=O)c1ccc(NC(=O)C(=O)N2CC3(C)CC2CC(C)(C)C3)cc1. The van der Waals surface area contributed by atoms with E-state index in [1.54, 1.807) is 36.1 Å². The van der Waals surface area contributed by atoms with Crippen molar-refractivity contribution in [1.82, 2.24) is 4.90 Å². The van der Waals surface area contributed by atoms with Crippen LogP contribution in [-0.4, -0.2) is 41.9 Å². The first kappa shape index (κ1) is 19.4. The van der Waals surface area contributed by atoms with Crippen LogP contribution < -0.4 is 5.32 Å².